The van der Waals surface area contributed by atoms with Crippen LogP contribution in [0.4, 0.5) is 0 Å². The minimum absolute atomic E-state index is 0.106. The Morgan fingerprint density at radius 3 is 0.810 bits per heavy atom. The Morgan fingerprint density at radius 1 is 0.321 bits per heavy atom. The number of phosphoric ester groups is 2. The van der Waals surface area contributed by atoms with Gasteiger partial charge in [0.15, 0.2) is 12.2 Å². The van der Waals surface area contributed by atoms with Crippen LogP contribution in [-0.4, -0.2) is 96.7 Å². The first kappa shape index (κ1) is 82.1. The Hall–Kier alpha value is -1.94. The van der Waals surface area contributed by atoms with Gasteiger partial charge in [-0.1, -0.05) is 279 Å². The molecular formula is C65H126O17P2. The number of rotatable bonds is 65. The van der Waals surface area contributed by atoms with E-state index in [-0.39, 0.29) is 25.7 Å². The molecule has 0 aliphatic rings. The summed E-state index contributed by atoms with van der Waals surface area (Å²) in [5.41, 5.74) is 0. The lowest BCUT2D eigenvalue weighted by Crippen LogP contribution is -2.30. The molecule has 19 heteroatoms. The van der Waals surface area contributed by atoms with E-state index in [1.54, 1.807) is 0 Å². The third-order valence-corrected chi connectivity index (χ3v) is 16.9. The number of hydrogen-bond acceptors (Lipinski definition) is 15. The predicted octanol–water partition coefficient (Wildman–Crippen LogP) is 18.2. The molecule has 0 radical (unpaired) electrons. The average molecular weight is 1240 g/mol. The Labute approximate surface area is 511 Å². The molecule has 0 amide bonds. The lowest BCUT2D eigenvalue weighted by atomic mass is 10.0. The summed E-state index contributed by atoms with van der Waals surface area (Å²) in [4.78, 5) is 72.0. The highest BCUT2D eigenvalue weighted by atomic mass is 31.2. The van der Waals surface area contributed by atoms with Crippen LogP contribution in [0.3, 0.4) is 0 Å². The van der Waals surface area contributed by atoms with E-state index in [1.165, 1.54) is 148 Å². The van der Waals surface area contributed by atoms with Crippen LogP contribution in [0.2, 0.25) is 0 Å². The summed E-state index contributed by atoms with van der Waals surface area (Å²) >= 11 is 0. The maximum Gasteiger partial charge on any atom is 0.472 e. The van der Waals surface area contributed by atoms with Crippen molar-refractivity contribution < 1.29 is 80.2 Å². The van der Waals surface area contributed by atoms with Gasteiger partial charge in [-0.3, -0.25) is 37.3 Å². The van der Waals surface area contributed by atoms with Crippen LogP contribution in [0.25, 0.3) is 0 Å². The fraction of sp³-hybridized carbons (Fsp3) is 0.938. The number of carbonyl (C=O) groups is 4. The van der Waals surface area contributed by atoms with Gasteiger partial charge in [-0.25, -0.2) is 9.13 Å². The van der Waals surface area contributed by atoms with Crippen molar-refractivity contribution in [3.05, 3.63) is 0 Å². The van der Waals surface area contributed by atoms with E-state index in [4.69, 9.17) is 37.0 Å². The van der Waals surface area contributed by atoms with E-state index in [1.807, 2.05) is 0 Å². The molecule has 0 rings (SSSR count). The van der Waals surface area contributed by atoms with Crippen LogP contribution in [0, 0.1) is 5.92 Å². The zero-order valence-corrected chi connectivity index (χ0v) is 55.8. The molecule has 17 nitrogen and oxygen atoms in total. The normalized spacial score (nSPS) is 14.2. The molecule has 5 atom stereocenters. The van der Waals surface area contributed by atoms with E-state index in [0.717, 1.165) is 102 Å². The highest BCUT2D eigenvalue weighted by molar-refractivity contribution is 7.47. The molecule has 0 bridgehead atoms. The van der Waals surface area contributed by atoms with Crippen LogP contribution in [0.15, 0.2) is 0 Å². The molecule has 3 N–H and O–H groups in total. The molecule has 0 saturated heterocycles. The fourth-order valence-corrected chi connectivity index (χ4v) is 11.3. The van der Waals surface area contributed by atoms with Gasteiger partial charge in [0.25, 0.3) is 0 Å². The molecule has 0 aromatic heterocycles. The minimum Gasteiger partial charge on any atom is -0.462 e. The smallest absolute Gasteiger partial charge is 0.462 e. The molecule has 0 aromatic carbocycles. The molecular weight excluding hydrogens is 1110 g/mol. The lowest BCUT2D eigenvalue weighted by molar-refractivity contribution is -0.161. The van der Waals surface area contributed by atoms with E-state index in [0.29, 0.717) is 25.7 Å². The maximum absolute atomic E-state index is 13.0. The SMILES string of the molecule is CCCCCCCCCCCCCC(=O)OC[C@H](COP(=O)(O)OC[C@@H](O)COP(=O)(O)OC[C@@H](COC(=O)CCCCCCC)OC(=O)CCCCCCCCCCCC)OC(=O)CCCCCCCCCCCCCCCCCC(C)C. The van der Waals surface area contributed by atoms with Crippen molar-refractivity contribution in [1.82, 2.24) is 0 Å². The zero-order valence-electron chi connectivity index (χ0n) is 54.0. The molecule has 0 fully saturated rings. The van der Waals surface area contributed by atoms with Crippen molar-refractivity contribution in [3.8, 4) is 0 Å². The summed E-state index contributed by atoms with van der Waals surface area (Å²) in [7, 11) is -9.88. The molecule has 0 heterocycles. The van der Waals surface area contributed by atoms with E-state index < -0.39 is 97.5 Å². The molecule has 0 saturated carbocycles. The number of ether oxygens (including phenoxy) is 4. The number of carbonyl (C=O) groups excluding carboxylic acids is 4. The summed E-state index contributed by atoms with van der Waals surface area (Å²) < 4.78 is 67.8. The zero-order chi connectivity index (χ0) is 62.0. The van der Waals surface area contributed by atoms with Gasteiger partial charge < -0.3 is 33.8 Å². The second-order valence-corrected chi connectivity index (χ2v) is 26.9. The summed E-state index contributed by atoms with van der Waals surface area (Å²) in [6.07, 6.45) is 43.4. The number of hydrogen-bond donors (Lipinski definition) is 3. The first-order chi connectivity index (χ1) is 40.5. The number of aliphatic hydroxyl groups is 1. The van der Waals surface area contributed by atoms with Gasteiger partial charge in [0.2, 0.25) is 0 Å². The van der Waals surface area contributed by atoms with Gasteiger partial charge >= 0.3 is 39.5 Å². The van der Waals surface area contributed by atoms with E-state index in [2.05, 4.69) is 34.6 Å². The Bertz CT molecular complexity index is 1640. The van der Waals surface area contributed by atoms with Gasteiger partial charge in [-0.2, -0.15) is 0 Å². The quantitative estimate of drug-likeness (QED) is 0.0222. The summed E-state index contributed by atoms with van der Waals surface area (Å²) in [5.74, 6) is -1.34. The fourth-order valence-electron chi connectivity index (χ4n) is 9.76. The first-order valence-electron chi connectivity index (χ1n) is 34.1. The van der Waals surface area contributed by atoms with Crippen molar-refractivity contribution >= 4 is 39.5 Å². The molecule has 0 aliphatic heterocycles. The molecule has 0 aliphatic carbocycles. The minimum atomic E-state index is -4.94. The standard InChI is InChI=1S/C65H126O17P2/c1-6-9-12-15-17-19-26-31-34-39-44-49-63(68)76-55-61(82-65(70)51-46-41-36-32-28-25-23-21-22-24-27-29-33-38-42-47-58(4)5)57-80-84(73,74)78-53-59(66)52-77-83(71,72)79-56-60(54-75-62(67)48-43-37-14-11-8-3)81-64(69)50-45-40-35-30-20-18-16-13-10-7-2/h58-61,66H,6-57H2,1-5H3,(H,71,72)(H,73,74)/t59-,60+,61+/m0/s1. The van der Waals surface area contributed by atoms with Gasteiger partial charge in [-0.15, -0.1) is 0 Å². The molecule has 84 heavy (non-hydrogen) atoms. The molecule has 0 spiro atoms. The van der Waals surface area contributed by atoms with Crippen molar-refractivity contribution in [1.29, 1.82) is 0 Å². The monoisotopic (exact) mass is 1240 g/mol. The van der Waals surface area contributed by atoms with Gasteiger partial charge in [0.1, 0.15) is 19.3 Å². The van der Waals surface area contributed by atoms with Crippen molar-refractivity contribution in [2.45, 2.75) is 348 Å². The molecule has 2 unspecified atom stereocenters. The predicted molar refractivity (Wildman–Crippen MR) is 335 cm³/mol. The number of unbranched alkanes of at least 4 members (excludes halogenated alkanes) is 37. The molecule has 0 aromatic rings. The summed E-state index contributed by atoms with van der Waals surface area (Å²) in [6.45, 7) is 7.13. The van der Waals surface area contributed by atoms with Crippen LogP contribution in [0.5, 0.6) is 0 Å². The van der Waals surface area contributed by atoms with Crippen LogP contribution in [-0.2, 0) is 65.4 Å². The lowest BCUT2D eigenvalue weighted by Gasteiger charge is -2.21. The van der Waals surface area contributed by atoms with Crippen molar-refractivity contribution in [2.75, 3.05) is 39.6 Å². The average Bonchev–Trinajstić information content (AvgIpc) is 3.61. The summed E-state index contributed by atoms with van der Waals surface area (Å²) in [6, 6.07) is 0. The van der Waals surface area contributed by atoms with Crippen molar-refractivity contribution in [2.24, 2.45) is 5.92 Å². The topological polar surface area (TPSA) is 237 Å². The van der Waals surface area contributed by atoms with E-state index >= 15 is 0 Å². The van der Waals surface area contributed by atoms with E-state index in [9.17, 15) is 43.2 Å². The highest BCUT2D eigenvalue weighted by Gasteiger charge is 2.30. The highest BCUT2D eigenvalue weighted by Crippen LogP contribution is 2.45. The second kappa shape index (κ2) is 58.7. The van der Waals surface area contributed by atoms with Crippen LogP contribution in [0.1, 0.15) is 330 Å². The maximum atomic E-state index is 13.0. The molecule has 498 valence electrons. The van der Waals surface area contributed by atoms with Crippen LogP contribution < -0.4 is 0 Å². The van der Waals surface area contributed by atoms with Crippen molar-refractivity contribution in [3.63, 3.8) is 0 Å². The Morgan fingerprint density at radius 2 is 0.548 bits per heavy atom. The number of esters is 4. The number of aliphatic hydroxyl groups excluding tert-OH is 1. The van der Waals surface area contributed by atoms with Gasteiger partial charge in [0.05, 0.1) is 26.4 Å². The largest absolute Gasteiger partial charge is 0.472 e. The summed E-state index contributed by atoms with van der Waals surface area (Å²) in [5, 5.41) is 10.5. The third-order valence-electron chi connectivity index (χ3n) is 15.0. The Kier molecular flexibility index (Phi) is 57.4. The third kappa shape index (κ3) is 59.0. The number of phosphoric acid groups is 2. The van der Waals surface area contributed by atoms with Gasteiger partial charge in [-0.05, 0) is 31.6 Å². The second-order valence-electron chi connectivity index (χ2n) is 24.0. The Balaban J connectivity index is 5.13. The van der Waals surface area contributed by atoms with Crippen LogP contribution >= 0.6 is 15.6 Å². The van der Waals surface area contributed by atoms with Gasteiger partial charge in [0, 0.05) is 25.7 Å². The first-order valence-corrected chi connectivity index (χ1v) is 37.1.